The van der Waals surface area contributed by atoms with E-state index in [-0.39, 0.29) is 7.80 Å². The summed E-state index contributed by atoms with van der Waals surface area (Å²) in [6.45, 7) is 2.04. The number of aliphatic hydroxyl groups is 1. The fraction of sp³-hybridized carbons (Fsp3) is 1.00. The van der Waals surface area contributed by atoms with Gasteiger partial charge >= 0.3 is 0 Å². The largest absolute Gasteiger partial charge is 0.393 e. The van der Waals surface area contributed by atoms with Gasteiger partial charge in [-0.15, -0.1) is 7.80 Å². The molecule has 0 aromatic rings. The lowest BCUT2D eigenvalue weighted by atomic mass is 10.8. The first-order valence-electron chi connectivity index (χ1n) is 1.53. The van der Waals surface area contributed by atoms with Gasteiger partial charge < -0.3 is 5.11 Å². The molecule has 0 aromatic heterocycles. The van der Waals surface area contributed by atoms with Crippen LogP contribution in [0.1, 0.15) is 0 Å². The van der Waals surface area contributed by atoms with E-state index in [0.29, 0.717) is 6.35 Å². The van der Waals surface area contributed by atoms with Crippen LogP contribution in [0.4, 0.5) is 0 Å². The Morgan fingerprint density at radius 1 is 2.00 bits per heavy atom. The molecule has 0 radical (unpaired) electrons. The van der Waals surface area contributed by atoms with Crippen molar-refractivity contribution in [1.82, 2.24) is 0 Å². The standard InChI is InChI=1S/C2H8BOP/c1-5(3)2-4/h4H,2-3H2,1H3. The Labute approximate surface area is 34.5 Å². The van der Waals surface area contributed by atoms with Crippen molar-refractivity contribution in [3.8, 4) is 0 Å². The third-order valence-electron chi connectivity index (χ3n) is 0.283. The first kappa shape index (κ1) is 5.45. The molecule has 1 atom stereocenters. The van der Waals surface area contributed by atoms with Crippen LogP contribution in [-0.2, 0) is 0 Å². The molecule has 3 heteroatoms. The molecule has 1 unspecified atom stereocenters. The molecule has 0 saturated heterocycles. The van der Waals surface area contributed by atoms with E-state index in [0.717, 1.165) is 0 Å². The summed E-state index contributed by atoms with van der Waals surface area (Å²) < 4.78 is 0. The van der Waals surface area contributed by atoms with E-state index >= 15 is 0 Å². The van der Waals surface area contributed by atoms with E-state index in [1.54, 1.807) is 0 Å². The summed E-state index contributed by atoms with van der Waals surface area (Å²) in [6, 6.07) is 0. The summed E-state index contributed by atoms with van der Waals surface area (Å²) in [5.41, 5.74) is 0. The Kier molecular flexibility index (Phi) is 2.92. The highest BCUT2D eigenvalue weighted by atomic mass is 31.1. The van der Waals surface area contributed by atoms with Gasteiger partial charge in [-0.25, -0.2) is 0 Å². The normalized spacial score (nSPS) is 14.8. The molecule has 1 nitrogen and oxygen atoms in total. The van der Waals surface area contributed by atoms with Gasteiger partial charge in [0.05, 0.1) is 6.35 Å². The van der Waals surface area contributed by atoms with Gasteiger partial charge in [0.2, 0.25) is 0 Å². The summed E-state index contributed by atoms with van der Waals surface area (Å²) in [7, 11) is 1.99. The van der Waals surface area contributed by atoms with Crippen molar-refractivity contribution in [2.75, 3.05) is 13.0 Å². The molecule has 0 spiro atoms. The van der Waals surface area contributed by atoms with Crippen LogP contribution in [0.5, 0.6) is 0 Å². The Hall–Kier alpha value is 0.455. The fourth-order valence-corrected chi connectivity index (χ4v) is 0. The summed E-state index contributed by atoms with van der Waals surface area (Å²) in [5, 5.41) is 8.17. The summed E-state index contributed by atoms with van der Waals surface area (Å²) in [5.74, 6) is 0. The van der Waals surface area contributed by atoms with Crippen molar-refractivity contribution in [1.29, 1.82) is 0 Å². The zero-order valence-corrected chi connectivity index (χ0v) is 4.50. The number of aliphatic hydroxyl groups excluding tert-OH is 1. The molecule has 0 amide bonds. The molecule has 0 aliphatic carbocycles. The molecular weight excluding hydrogens is 81.8 g/mol. The molecular formula is C2H8BOP. The van der Waals surface area contributed by atoms with E-state index in [1.165, 1.54) is 0 Å². The lowest BCUT2D eigenvalue weighted by Gasteiger charge is -1.91. The molecule has 0 saturated carbocycles. The highest BCUT2D eigenvalue weighted by Crippen LogP contribution is 2.18. The minimum Gasteiger partial charge on any atom is -0.393 e. The van der Waals surface area contributed by atoms with Crippen LogP contribution >= 0.6 is 7.80 Å². The van der Waals surface area contributed by atoms with Crippen molar-refractivity contribution in [2.45, 2.75) is 0 Å². The monoisotopic (exact) mass is 90.0 g/mol. The summed E-state index contributed by atoms with van der Waals surface area (Å²) in [4.78, 5) is 0. The Morgan fingerprint density at radius 2 is 2.20 bits per heavy atom. The highest BCUT2D eigenvalue weighted by molar-refractivity contribution is 7.81. The van der Waals surface area contributed by atoms with Crippen molar-refractivity contribution >= 4 is 15.4 Å². The number of rotatable bonds is 1. The van der Waals surface area contributed by atoms with Gasteiger partial charge in [0.25, 0.3) is 0 Å². The fourth-order valence-electron chi connectivity index (χ4n) is 0. The second-order valence-electron chi connectivity index (χ2n) is 1.22. The molecule has 1 N–H and O–H groups in total. The molecule has 0 bridgehead atoms. The molecule has 0 aliphatic rings. The second kappa shape index (κ2) is 2.68. The van der Waals surface area contributed by atoms with Gasteiger partial charge in [0, 0.05) is 0 Å². The Bertz CT molecular complexity index is 23.6. The average Bonchev–Trinajstić information content (AvgIpc) is 1.38. The molecule has 0 aliphatic heterocycles. The van der Waals surface area contributed by atoms with E-state index in [1.807, 2.05) is 14.2 Å². The SMILES string of the molecule is BP(C)CO. The first-order chi connectivity index (χ1) is 2.27. The van der Waals surface area contributed by atoms with Crippen molar-refractivity contribution < 1.29 is 5.11 Å². The quantitative estimate of drug-likeness (QED) is 0.343. The predicted octanol–water partition coefficient (Wildman–Crippen LogP) is -0.404. The van der Waals surface area contributed by atoms with Gasteiger partial charge in [-0.2, -0.15) is 0 Å². The van der Waals surface area contributed by atoms with E-state index in [9.17, 15) is 0 Å². The molecule has 30 valence electrons. The Morgan fingerprint density at radius 3 is 2.20 bits per heavy atom. The summed E-state index contributed by atoms with van der Waals surface area (Å²) in [6.07, 6.45) is 0.370. The third-order valence-corrected chi connectivity index (χ3v) is 0.849. The average molecular weight is 89.9 g/mol. The second-order valence-corrected chi connectivity index (χ2v) is 3.66. The first-order valence-corrected chi connectivity index (χ1v) is 3.95. The topological polar surface area (TPSA) is 20.2 Å². The minimum atomic E-state index is -0.0427. The van der Waals surface area contributed by atoms with Crippen LogP contribution in [0.2, 0.25) is 0 Å². The zero-order valence-electron chi connectivity index (χ0n) is 3.60. The van der Waals surface area contributed by atoms with E-state index < -0.39 is 0 Å². The van der Waals surface area contributed by atoms with Gasteiger partial charge in [0.1, 0.15) is 7.57 Å². The lowest BCUT2D eigenvalue weighted by molar-refractivity contribution is 0.372. The van der Waals surface area contributed by atoms with Crippen LogP contribution in [0.15, 0.2) is 0 Å². The maximum Gasteiger partial charge on any atom is 0.136 e. The highest BCUT2D eigenvalue weighted by Gasteiger charge is 1.80. The molecule has 0 fully saturated rings. The van der Waals surface area contributed by atoms with Crippen molar-refractivity contribution in [2.24, 2.45) is 0 Å². The third kappa shape index (κ3) is 4.45. The van der Waals surface area contributed by atoms with Gasteiger partial charge in [-0.1, -0.05) is 6.66 Å². The van der Waals surface area contributed by atoms with Gasteiger partial charge in [0.15, 0.2) is 0 Å². The molecule has 0 heterocycles. The van der Waals surface area contributed by atoms with E-state index in [4.69, 9.17) is 5.11 Å². The molecule has 0 aromatic carbocycles. The number of hydrogen-bond donors (Lipinski definition) is 1. The molecule has 0 rings (SSSR count). The van der Waals surface area contributed by atoms with Crippen LogP contribution in [0, 0.1) is 0 Å². The van der Waals surface area contributed by atoms with Crippen LogP contribution < -0.4 is 0 Å². The maximum absolute atomic E-state index is 8.17. The van der Waals surface area contributed by atoms with Crippen molar-refractivity contribution in [3.05, 3.63) is 0 Å². The van der Waals surface area contributed by atoms with Crippen LogP contribution in [0.25, 0.3) is 0 Å². The predicted molar refractivity (Wildman–Crippen MR) is 28.5 cm³/mol. The Balaban J connectivity index is 2.54. The minimum absolute atomic E-state index is 0.0427. The maximum atomic E-state index is 8.17. The number of hydrogen-bond acceptors (Lipinski definition) is 1. The van der Waals surface area contributed by atoms with E-state index in [2.05, 4.69) is 0 Å². The summed E-state index contributed by atoms with van der Waals surface area (Å²) >= 11 is 0. The van der Waals surface area contributed by atoms with Gasteiger partial charge in [-0.3, -0.25) is 0 Å². The van der Waals surface area contributed by atoms with Crippen molar-refractivity contribution in [3.63, 3.8) is 0 Å². The molecule has 5 heavy (non-hydrogen) atoms. The van der Waals surface area contributed by atoms with Crippen LogP contribution in [-0.4, -0.2) is 25.7 Å². The van der Waals surface area contributed by atoms with Crippen LogP contribution in [0.3, 0.4) is 0 Å². The zero-order chi connectivity index (χ0) is 4.28. The smallest absolute Gasteiger partial charge is 0.136 e. The lowest BCUT2D eigenvalue weighted by Crippen LogP contribution is -1.73. The van der Waals surface area contributed by atoms with Gasteiger partial charge in [-0.05, 0) is 0 Å².